The van der Waals surface area contributed by atoms with Crippen LogP contribution >= 0.6 is 0 Å². The molecule has 0 heterocycles. The maximum atomic E-state index is 14.1. The zero-order valence-electron chi connectivity index (χ0n) is 19.1. The number of benzene rings is 2. The number of halogens is 2. The number of carbonyl (C=O) groups is 2. The standard InChI is InChI=1S/C26H27F2NO4/c1-25(2)7-8-26(3,4)21-15(9-13-5-6-13)22(30)16(12-17(21)25)23(31)29-14-10-18(27)20(24(32)33)19(28)11-14/h5,10-12,30H,6-9H2,1-4H3,(H,29,31)(H,32,33). The van der Waals surface area contributed by atoms with E-state index in [-0.39, 0.29) is 27.8 Å². The SMILES string of the molecule is CC1(C)CCC(C)(C)c2c1cc(C(=O)Nc1cc(F)c(C(=O)O)c(F)c1)c(O)c2CC1=CC1. The third kappa shape index (κ3) is 4.12. The van der Waals surface area contributed by atoms with Crippen LogP contribution in [0.5, 0.6) is 5.75 Å². The van der Waals surface area contributed by atoms with Gasteiger partial charge in [-0.3, -0.25) is 4.79 Å². The highest BCUT2D eigenvalue weighted by molar-refractivity contribution is 6.07. The topological polar surface area (TPSA) is 86.6 Å². The number of hydrogen-bond acceptors (Lipinski definition) is 3. The van der Waals surface area contributed by atoms with Gasteiger partial charge in [0, 0.05) is 11.3 Å². The lowest BCUT2D eigenvalue weighted by Gasteiger charge is -2.43. The molecule has 0 saturated carbocycles. The zero-order valence-corrected chi connectivity index (χ0v) is 19.1. The Hall–Kier alpha value is -3.22. The van der Waals surface area contributed by atoms with Crippen molar-refractivity contribution in [3.8, 4) is 5.75 Å². The summed E-state index contributed by atoms with van der Waals surface area (Å²) in [6.07, 6.45) is 5.36. The Kier molecular flexibility index (Phi) is 5.34. The van der Waals surface area contributed by atoms with Crippen molar-refractivity contribution in [3.63, 3.8) is 0 Å². The van der Waals surface area contributed by atoms with Crippen molar-refractivity contribution in [3.05, 3.63) is 69.3 Å². The molecule has 0 atom stereocenters. The number of phenols is 1. The second-order valence-electron chi connectivity index (χ2n) is 10.3. The summed E-state index contributed by atoms with van der Waals surface area (Å²) in [7, 11) is 0. The fourth-order valence-corrected chi connectivity index (χ4v) is 4.76. The van der Waals surface area contributed by atoms with Gasteiger partial charge >= 0.3 is 5.97 Å². The molecule has 1 amide bonds. The van der Waals surface area contributed by atoms with Gasteiger partial charge < -0.3 is 15.5 Å². The second-order valence-corrected chi connectivity index (χ2v) is 10.3. The van der Waals surface area contributed by atoms with E-state index in [0.717, 1.165) is 48.1 Å². The van der Waals surface area contributed by atoms with Crippen molar-refractivity contribution < 1.29 is 28.6 Å². The molecule has 3 N–H and O–H groups in total. The largest absolute Gasteiger partial charge is 0.507 e. The van der Waals surface area contributed by atoms with Crippen molar-refractivity contribution in [1.82, 2.24) is 0 Å². The number of amides is 1. The van der Waals surface area contributed by atoms with E-state index in [9.17, 15) is 23.5 Å². The summed E-state index contributed by atoms with van der Waals surface area (Å²) in [4.78, 5) is 24.2. The van der Waals surface area contributed by atoms with Crippen LogP contribution in [0.4, 0.5) is 14.5 Å². The molecule has 0 aliphatic heterocycles. The molecule has 2 aromatic carbocycles. The van der Waals surface area contributed by atoms with Gasteiger partial charge in [-0.1, -0.05) is 39.3 Å². The summed E-state index contributed by atoms with van der Waals surface area (Å²) < 4.78 is 28.2. The average Bonchev–Trinajstić information content (AvgIpc) is 3.50. The first-order valence-electron chi connectivity index (χ1n) is 10.9. The van der Waals surface area contributed by atoms with Crippen LogP contribution in [0.25, 0.3) is 0 Å². The van der Waals surface area contributed by atoms with Crippen molar-refractivity contribution in [2.24, 2.45) is 0 Å². The highest BCUT2D eigenvalue weighted by atomic mass is 19.1. The molecular formula is C26H27F2NO4. The minimum Gasteiger partial charge on any atom is -0.507 e. The van der Waals surface area contributed by atoms with E-state index in [4.69, 9.17) is 5.11 Å². The van der Waals surface area contributed by atoms with Crippen LogP contribution in [0.15, 0.2) is 29.8 Å². The third-order valence-electron chi connectivity index (χ3n) is 6.84. The summed E-state index contributed by atoms with van der Waals surface area (Å²) in [6, 6.07) is 3.19. The van der Waals surface area contributed by atoms with Crippen molar-refractivity contribution >= 4 is 17.6 Å². The number of carboxylic acids is 1. The van der Waals surface area contributed by atoms with E-state index in [1.54, 1.807) is 6.07 Å². The molecule has 0 unspecified atom stereocenters. The third-order valence-corrected chi connectivity index (χ3v) is 6.84. The van der Waals surface area contributed by atoms with Gasteiger partial charge in [-0.2, -0.15) is 0 Å². The maximum absolute atomic E-state index is 14.1. The first-order valence-corrected chi connectivity index (χ1v) is 10.9. The number of carbonyl (C=O) groups excluding carboxylic acids is 1. The van der Waals surface area contributed by atoms with E-state index in [0.29, 0.717) is 6.42 Å². The Morgan fingerprint density at radius 1 is 1.03 bits per heavy atom. The second kappa shape index (κ2) is 7.68. The summed E-state index contributed by atoms with van der Waals surface area (Å²) in [6.45, 7) is 8.49. The number of fused-ring (bicyclic) bond motifs is 1. The zero-order chi connectivity index (χ0) is 24.3. The lowest BCUT2D eigenvalue weighted by Crippen LogP contribution is -2.35. The maximum Gasteiger partial charge on any atom is 0.341 e. The monoisotopic (exact) mass is 455 g/mol. The van der Waals surface area contributed by atoms with Gasteiger partial charge in [0.2, 0.25) is 0 Å². The predicted molar refractivity (Wildman–Crippen MR) is 121 cm³/mol. The molecule has 0 fully saturated rings. The molecular weight excluding hydrogens is 428 g/mol. The molecule has 0 bridgehead atoms. The molecule has 2 aliphatic rings. The molecule has 33 heavy (non-hydrogen) atoms. The number of allylic oxidation sites excluding steroid dienone is 2. The number of nitrogens with one attached hydrogen (secondary N) is 1. The lowest BCUT2D eigenvalue weighted by molar-refractivity contribution is 0.0686. The molecule has 2 aliphatic carbocycles. The highest BCUT2D eigenvalue weighted by Gasteiger charge is 2.41. The summed E-state index contributed by atoms with van der Waals surface area (Å²) in [5.74, 6) is -5.18. The minimum absolute atomic E-state index is 0.0268. The minimum atomic E-state index is -1.74. The predicted octanol–water partition coefficient (Wildman–Crippen LogP) is 5.84. The fraction of sp³-hybridized carbons (Fsp3) is 0.385. The Morgan fingerprint density at radius 3 is 2.15 bits per heavy atom. The van der Waals surface area contributed by atoms with E-state index in [2.05, 4.69) is 39.1 Å². The molecule has 0 aromatic heterocycles. The summed E-state index contributed by atoms with van der Waals surface area (Å²) in [5.41, 5.74) is 2.26. The fourth-order valence-electron chi connectivity index (χ4n) is 4.76. The van der Waals surface area contributed by atoms with E-state index < -0.39 is 29.1 Å². The number of aromatic carboxylic acids is 1. The molecule has 4 rings (SSSR count). The van der Waals surface area contributed by atoms with Crippen molar-refractivity contribution in [2.45, 2.75) is 64.2 Å². The van der Waals surface area contributed by atoms with Crippen LogP contribution in [0, 0.1) is 11.6 Å². The number of carboxylic acid groups (broad SMARTS) is 1. The highest BCUT2D eigenvalue weighted by Crippen LogP contribution is 2.51. The average molecular weight is 456 g/mol. The van der Waals surface area contributed by atoms with Crippen LogP contribution in [-0.4, -0.2) is 22.1 Å². The molecule has 0 spiro atoms. The van der Waals surface area contributed by atoms with Crippen LogP contribution in [0.1, 0.15) is 84.4 Å². The van der Waals surface area contributed by atoms with Crippen molar-refractivity contribution in [2.75, 3.05) is 5.32 Å². The lowest BCUT2D eigenvalue weighted by atomic mass is 9.61. The molecule has 0 saturated heterocycles. The Bertz CT molecular complexity index is 1200. The van der Waals surface area contributed by atoms with Gasteiger partial charge in [-0.15, -0.1) is 0 Å². The molecule has 5 nitrogen and oxygen atoms in total. The van der Waals surface area contributed by atoms with Gasteiger partial charge in [-0.25, -0.2) is 13.6 Å². The first-order chi connectivity index (χ1) is 15.3. The van der Waals surface area contributed by atoms with E-state index >= 15 is 0 Å². The quantitative estimate of drug-likeness (QED) is 0.494. The van der Waals surface area contributed by atoms with Gasteiger partial charge in [0.25, 0.3) is 5.91 Å². The van der Waals surface area contributed by atoms with Crippen LogP contribution < -0.4 is 5.32 Å². The number of rotatable bonds is 5. The number of aromatic hydroxyl groups is 1. The van der Waals surface area contributed by atoms with Gasteiger partial charge in [0.05, 0.1) is 5.56 Å². The van der Waals surface area contributed by atoms with E-state index in [1.807, 2.05) is 0 Å². The van der Waals surface area contributed by atoms with Crippen LogP contribution in [0.3, 0.4) is 0 Å². The first kappa shape index (κ1) is 23.0. The van der Waals surface area contributed by atoms with Gasteiger partial charge in [0.1, 0.15) is 22.9 Å². The smallest absolute Gasteiger partial charge is 0.341 e. The summed E-state index contributed by atoms with van der Waals surface area (Å²) in [5, 5.41) is 22.5. The Labute approximate surface area is 191 Å². The molecule has 174 valence electrons. The Balaban J connectivity index is 1.81. The number of phenolic OH excluding ortho intramolecular Hbond substituents is 1. The van der Waals surface area contributed by atoms with Gasteiger partial charge in [-0.05, 0) is 65.8 Å². The van der Waals surface area contributed by atoms with E-state index in [1.165, 1.54) is 5.57 Å². The molecule has 2 aromatic rings. The number of hydrogen-bond donors (Lipinski definition) is 3. The van der Waals surface area contributed by atoms with Crippen LogP contribution in [0.2, 0.25) is 0 Å². The van der Waals surface area contributed by atoms with Crippen LogP contribution in [-0.2, 0) is 17.3 Å². The Morgan fingerprint density at radius 2 is 1.61 bits per heavy atom. The van der Waals surface area contributed by atoms with Crippen molar-refractivity contribution in [1.29, 1.82) is 0 Å². The number of anilines is 1. The molecule has 7 heteroatoms. The van der Waals surface area contributed by atoms with Gasteiger partial charge in [0.15, 0.2) is 0 Å². The normalized spacial score (nSPS) is 17.7. The summed E-state index contributed by atoms with van der Waals surface area (Å²) >= 11 is 0. The molecule has 0 radical (unpaired) electrons.